The van der Waals surface area contributed by atoms with Crippen LogP contribution in [0.4, 0.5) is 5.69 Å². The number of rotatable bonds is 6. The molecule has 1 amide bonds. The Hall–Kier alpha value is -2.82. The molecule has 5 nitrogen and oxygen atoms in total. The van der Waals surface area contributed by atoms with Crippen LogP contribution >= 0.6 is 0 Å². The fourth-order valence-electron chi connectivity index (χ4n) is 3.31. The van der Waals surface area contributed by atoms with Gasteiger partial charge >= 0.3 is 5.97 Å². The second-order valence-electron chi connectivity index (χ2n) is 6.63. The molecule has 0 unspecified atom stereocenters. The first-order chi connectivity index (χ1) is 12.6. The maximum Gasteiger partial charge on any atom is 0.335 e. The highest BCUT2D eigenvalue weighted by Crippen LogP contribution is 2.24. The number of anilines is 1. The lowest BCUT2D eigenvalue weighted by atomic mass is 10.1. The number of aromatic carboxylic acids is 1. The zero-order valence-corrected chi connectivity index (χ0v) is 14.8. The van der Waals surface area contributed by atoms with E-state index in [-0.39, 0.29) is 17.9 Å². The van der Waals surface area contributed by atoms with Crippen molar-refractivity contribution in [1.82, 2.24) is 5.32 Å². The summed E-state index contributed by atoms with van der Waals surface area (Å²) in [6, 6.07) is 14.6. The molecule has 5 heteroatoms. The smallest absolute Gasteiger partial charge is 0.335 e. The van der Waals surface area contributed by atoms with E-state index in [0.29, 0.717) is 6.54 Å². The Balaban J connectivity index is 1.58. The molecule has 26 heavy (non-hydrogen) atoms. The lowest BCUT2D eigenvalue weighted by molar-refractivity contribution is -0.120. The molecule has 3 rings (SSSR count). The Bertz CT molecular complexity index is 765. The predicted octanol–water partition coefficient (Wildman–Crippen LogP) is 3.23. The van der Waals surface area contributed by atoms with Crippen molar-refractivity contribution in [3.05, 3.63) is 65.2 Å². The number of piperidine rings is 1. The fourth-order valence-corrected chi connectivity index (χ4v) is 3.31. The zero-order chi connectivity index (χ0) is 18.4. The molecule has 0 aliphatic carbocycles. The standard InChI is InChI=1S/C21H24N2O3/c24-20(14-16-8-10-17(11-9-16)21(25)26)22-15-18-6-2-3-7-19(18)23-12-4-1-5-13-23/h2-3,6-11H,1,4-5,12-15H2,(H,22,24)(H,25,26). The number of hydrogen-bond donors (Lipinski definition) is 2. The number of nitrogens with one attached hydrogen (secondary N) is 1. The van der Waals surface area contributed by atoms with Gasteiger partial charge in [0.05, 0.1) is 12.0 Å². The SMILES string of the molecule is O=C(Cc1ccc(C(=O)O)cc1)NCc1ccccc1N1CCCCC1. The number of carbonyl (C=O) groups is 2. The fraction of sp³-hybridized carbons (Fsp3) is 0.333. The van der Waals surface area contributed by atoms with E-state index in [1.54, 1.807) is 12.1 Å². The van der Waals surface area contributed by atoms with E-state index < -0.39 is 5.97 Å². The number of benzene rings is 2. The number of nitrogens with zero attached hydrogens (tertiary/aromatic N) is 1. The lowest BCUT2D eigenvalue weighted by Crippen LogP contribution is -2.31. The van der Waals surface area contributed by atoms with Gasteiger partial charge in [-0.2, -0.15) is 0 Å². The normalized spacial score (nSPS) is 14.1. The zero-order valence-electron chi connectivity index (χ0n) is 14.8. The van der Waals surface area contributed by atoms with Gasteiger partial charge in [0.15, 0.2) is 0 Å². The Morgan fingerprint density at radius 3 is 2.35 bits per heavy atom. The maximum absolute atomic E-state index is 12.3. The van der Waals surface area contributed by atoms with Crippen molar-refractivity contribution in [2.45, 2.75) is 32.2 Å². The molecule has 0 radical (unpaired) electrons. The van der Waals surface area contributed by atoms with E-state index >= 15 is 0 Å². The van der Waals surface area contributed by atoms with E-state index in [4.69, 9.17) is 5.11 Å². The lowest BCUT2D eigenvalue weighted by Gasteiger charge is -2.30. The van der Waals surface area contributed by atoms with Crippen molar-refractivity contribution in [2.75, 3.05) is 18.0 Å². The van der Waals surface area contributed by atoms with E-state index in [1.807, 2.05) is 12.1 Å². The van der Waals surface area contributed by atoms with Crippen LogP contribution in [0.1, 0.15) is 40.7 Å². The molecular weight excluding hydrogens is 328 g/mol. The summed E-state index contributed by atoms with van der Waals surface area (Å²) in [5.41, 5.74) is 3.36. The van der Waals surface area contributed by atoms with Crippen LogP contribution in [0.25, 0.3) is 0 Å². The van der Waals surface area contributed by atoms with Crippen molar-refractivity contribution < 1.29 is 14.7 Å². The Morgan fingerprint density at radius 2 is 1.65 bits per heavy atom. The van der Waals surface area contributed by atoms with Crippen LogP contribution in [0.5, 0.6) is 0 Å². The summed E-state index contributed by atoms with van der Waals surface area (Å²) in [4.78, 5) is 25.5. The van der Waals surface area contributed by atoms with Crippen molar-refractivity contribution in [2.24, 2.45) is 0 Å². The maximum atomic E-state index is 12.3. The monoisotopic (exact) mass is 352 g/mol. The molecular formula is C21H24N2O3. The third-order valence-corrected chi connectivity index (χ3v) is 4.73. The minimum Gasteiger partial charge on any atom is -0.478 e. The van der Waals surface area contributed by atoms with Crippen molar-refractivity contribution >= 4 is 17.6 Å². The van der Waals surface area contributed by atoms with E-state index in [0.717, 1.165) is 24.2 Å². The molecule has 0 bridgehead atoms. The van der Waals surface area contributed by atoms with Gasteiger partial charge in [0.25, 0.3) is 0 Å². The van der Waals surface area contributed by atoms with Gasteiger partial charge < -0.3 is 15.3 Å². The molecule has 1 saturated heterocycles. The van der Waals surface area contributed by atoms with Gasteiger partial charge in [-0.1, -0.05) is 30.3 Å². The van der Waals surface area contributed by atoms with Crippen LogP contribution in [0.15, 0.2) is 48.5 Å². The number of amides is 1. The number of para-hydroxylation sites is 1. The first kappa shape index (κ1) is 18.0. The average Bonchev–Trinajstić information content (AvgIpc) is 2.68. The highest BCUT2D eigenvalue weighted by Gasteiger charge is 2.14. The first-order valence-electron chi connectivity index (χ1n) is 9.05. The summed E-state index contributed by atoms with van der Waals surface area (Å²) < 4.78 is 0. The van der Waals surface area contributed by atoms with Crippen molar-refractivity contribution in [1.29, 1.82) is 0 Å². The number of carboxylic acid groups (broad SMARTS) is 1. The highest BCUT2D eigenvalue weighted by atomic mass is 16.4. The van der Waals surface area contributed by atoms with Gasteiger partial charge in [-0.15, -0.1) is 0 Å². The Kier molecular flexibility index (Phi) is 5.89. The van der Waals surface area contributed by atoms with E-state index in [1.165, 1.54) is 37.1 Å². The van der Waals surface area contributed by atoms with Gasteiger partial charge in [-0.3, -0.25) is 4.79 Å². The number of carboxylic acids is 1. The minimum atomic E-state index is -0.963. The Morgan fingerprint density at radius 1 is 0.962 bits per heavy atom. The third-order valence-electron chi connectivity index (χ3n) is 4.73. The molecule has 2 aromatic carbocycles. The summed E-state index contributed by atoms with van der Waals surface area (Å²) in [6.45, 7) is 2.64. The molecule has 0 spiro atoms. The molecule has 0 saturated carbocycles. The van der Waals surface area contributed by atoms with Crippen LogP contribution in [0.2, 0.25) is 0 Å². The van der Waals surface area contributed by atoms with Crippen LogP contribution in [-0.2, 0) is 17.8 Å². The largest absolute Gasteiger partial charge is 0.478 e. The summed E-state index contributed by atoms with van der Waals surface area (Å²) in [7, 11) is 0. The molecule has 2 aromatic rings. The number of carbonyl (C=O) groups excluding carboxylic acids is 1. The van der Waals surface area contributed by atoms with Crippen molar-refractivity contribution in [3.8, 4) is 0 Å². The number of hydrogen-bond acceptors (Lipinski definition) is 3. The summed E-state index contributed by atoms with van der Waals surface area (Å²) in [5.74, 6) is -1.03. The van der Waals surface area contributed by atoms with Gasteiger partial charge in [-0.05, 0) is 48.6 Å². The summed E-state index contributed by atoms with van der Waals surface area (Å²) in [5, 5.41) is 11.9. The van der Waals surface area contributed by atoms with Crippen molar-refractivity contribution in [3.63, 3.8) is 0 Å². The molecule has 0 aromatic heterocycles. The Labute approximate surface area is 153 Å². The molecule has 0 atom stereocenters. The second-order valence-corrected chi connectivity index (χ2v) is 6.63. The van der Waals surface area contributed by atoms with Gasteiger partial charge in [-0.25, -0.2) is 4.79 Å². The predicted molar refractivity (Wildman–Crippen MR) is 101 cm³/mol. The quantitative estimate of drug-likeness (QED) is 0.837. The van der Waals surface area contributed by atoms with E-state index in [9.17, 15) is 9.59 Å². The van der Waals surface area contributed by atoms with Crippen LogP contribution in [0, 0.1) is 0 Å². The van der Waals surface area contributed by atoms with Gasteiger partial charge in [0.1, 0.15) is 0 Å². The molecule has 1 aliphatic heterocycles. The topological polar surface area (TPSA) is 69.6 Å². The summed E-state index contributed by atoms with van der Waals surface area (Å²) >= 11 is 0. The minimum absolute atomic E-state index is 0.0680. The molecule has 136 valence electrons. The van der Waals surface area contributed by atoms with Gasteiger partial charge in [0.2, 0.25) is 5.91 Å². The van der Waals surface area contributed by atoms with E-state index in [2.05, 4.69) is 22.3 Å². The molecule has 1 aliphatic rings. The highest BCUT2D eigenvalue weighted by molar-refractivity contribution is 5.87. The summed E-state index contributed by atoms with van der Waals surface area (Å²) in [6.07, 6.45) is 3.96. The van der Waals surface area contributed by atoms with Crippen LogP contribution in [-0.4, -0.2) is 30.1 Å². The average molecular weight is 352 g/mol. The third kappa shape index (κ3) is 4.63. The second kappa shape index (κ2) is 8.52. The van der Waals surface area contributed by atoms with Crippen LogP contribution < -0.4 is 10.2 Å². The molecule has 2 N–H and O–H groups in total. The van der Waals surface area contributed by atoms with Crippen LogP contribution in [0.3, 0.4) is 0 Å². The van der Waals surface area contributed by atoms with Gasteiger partial charge in [0, 0.05) is 25.3 Å². The molecule has 1 fully saturated rings. The molecule has 1 heterocycles. The first-order valence-corrected chi connectivity index (χ1v) is 9.05.